The summed E-state index contributed by atoms with van der Waals surface area (Å²) in [7, 11) is 3.21. The lowest BCUT2D eigenvalue weighted by Crippen LogP contribution is -2.30. The van der Waals surface area contributed by atoms with Crippen LogP contribution in [0.5, 0.6) is 11.5 Å². The molecule has 3 aromatic rings. The fourth-order valence-electron chi connectivity index (χ4n) is 3.62. The standard InChI is InChI=1S/C22H26N4O3/c1-27-19-11-10-16(14-20(19)28-2)22-24-21(29-25-22)15-23-17-8-4-5-9-18(17)26-12-6-3-7-13-26/h4-5,8-11,14,23H,3,6-7,12-13,15H2,1-2H3. The van der Waals surface area contributed by atoms with Crippen molar-refractivity contribution in [3.05, 3.63) is 48.4 Å². The van der Waals surface area contributed by atoms with Crippen LogP contribution in [0.4, 0.5) is 11.4 Å². The molecule has 1 fully saturated rings. The number of piperidine rings is 1. The second kappa shape index (κ2) is 8.86. The molecule has 29 heavy (non-hydrogen) atoms. The number of aromatic nitrogens is 2. The Morgan fingerprint density at radius 3 is 2.59 bits per heavy atom. The number of nitrogens with zero attached hydrogens (tertiary/aromatic N) is 3. The first-order chi connectivity index (χ1) is 14.3. The van der Waals surface area contributed by atoms with Crippen LogP contribution in [0.3, 0.4) is 0 Å². The molecule has 0 aliphatic carbocycles. The summed E-state index contributed by atoms with van der Waals surface area (Å²) in [6.45, 7) is 2.66. The van der Waals surface area contributed by atoms with E-state index in [4.69, 9.17) is 14.0 Å². The summed E-state index contributed by atoms with van der Waals surface area (Å²) < 4.78 is 16.1. The summed E-state index contributed by atoms with van der Waals surface area (Å²) >= 11 is 0. The Kier molecular flexibility index (Phi) is 5.84. The maximum absolute atomic E-state index is 5.45. The van der Waals surface area contributed by atoms with Gasteiger partial charge in [-0.15, -0.1) is 0 Å². The van der Waals surface area contributed by atoms with Crippen LogP contribution in [0, 0.1) is 0 Å². The smallest absolute Gasteiger partial charge is 0.246 e. The van der Waals surface area contributed by atoms with Gasteiger partial charge in [0.1, 0.15) is 0 Å². The van der Waals surface area contributed by atoms with Gasteiger partial charge in [0.05, 0.1) is 32.1 Å². The molecule has 7 nitrogen and oxygen atoms in total. The third-order valence-corrected chi connectivity index (χ3v) is 5.14. The maximum atomic E-state index is 5.45. The van der Waals surface area contributed by atoms with Gasteiger partial charge in [0, 0.05) is 18.7 Å². The minimum Gasteiger partial charge on any atom is -0.493 e. The van der Waals surface area contributed by atoms with Crippen molar-refractivity contribution in [1.82, 2.24) is 10.1 Å². The largest absolute Gasteiger partial charge is 0.493 e. The Morgan fingerprint density at radius 2 is 1.79 bits per heavy atom. The summed E-state index contributed by atoms with van der Waals surface area (Å²) in [5, 5.41) is 7.56. The van der Waals surface area contributed by atoms with Crippen LogP contribution >= 0.6 is 0 Å². The average Bonchev–Trinajstić information content (AvgIpc) is 3.27. The molecule has 7 heteroatoms. The van der Waals surface area contributed by atoms with E-state index in [1.165, 1.54) is 24.9 Å². The van der Waals surface area contributed by atoms with E-state index in [1.54, 1.807) is 14.2 Å². The van der Waals surface area contributed by atoms with Crippen LogP contribution in [0.1, 0.15) is 25.2 Å². The molecule has 1 aliphatic heterocycles. The van der Waals surface area contributed by atoms with Crippen LogP contribution in [0.2, 0.25) is 0 Å². The first kappa shape index (κ1) is 19.1. The van der Waals surface area contributed by atoms with Crippen LogP contribution in [0.15, 0.2) is 47.0 Å². The molecular formula is C22H26N4O3. The first-order valence-electron chi connectivity index (χ1n) is 9.91. The minimum atomic E-state index is 0.463. The molecule has 1 N–H and O–H groups in total. The van der Waals surface area contributed by atoms with Crippen LogP contribution in [-0.4, -0.2) is 37.4 Å². The molecule has 2 heterocycles. The van der Waals surface area contributed by atoms with E-state index < -0.39 is 0 Å². The monoisotopic (exact) mass is 394 g/mol. The van der Waals surface area contributed by atoms with Crippen LogP contribution in [0.25, 0.3) is 11.4 Å². The number of hydrogen-bond donors (Lipinski definition) is 1. The molecular weight excluding hydrogens is 368 g/mol. The fourth-order valence-corrected chi connectivity index (χ4v) is 3.62. The second-order valence-corrected chi connectivity index (χ2v) is 7.00. The van der Waals surface area contributed by atoms with Crippen molar-refractivity contribution < 1.29 is 14.0 Å². The molecule has 1 saturated heterocycles. The van der Waals surface area contributed by atoms with Crippen LogP contribution in [-0.2, 0) is 6.54 Å². The van der Waals surface area contributed by atoms with Gasteiger partial charge in [0.25, 0.3) is 0 Å². The highest BCUT2D eigenvalue weighted by atomic mass is 16.5. The zero-order valence-electron chi connectivity index (χ0n) is 16.9. The number of methoxy groups -OCH3 is 2. The van der Waals surface area contributed by atoms with Crippen molar-refractivity contribution in [3.8, 4) is 22.9 Å². The van der Waals surface area contributed by atoms with E-state index in [1.807, 2.05) is 24.3 Å². The van der Waals surface area contributed by atoms with Crippen molar-refractivity contribution in [2.45, 2.75) is 25.8 Å². The number of benzene rings is 2. The molecule has 1 aliphatic rings. The first-order valence-corrected chi connectivity index (χ1v) is 9.91. The molecule has 0 spiro atoms. The van der Waals surface area contributed by atoms with Gasteiger partial charge >= 0.3 is 0 Å². The van der Waals surface area contributed by atoms with Gasteiger partial charge in [0.2, 0.25) is 11.7 Å². The number of anilines is 2. The Balaban J connectivity index is 1.47. The van der Waals surface area contributed by atoms with E-state index in [9.17, 15) is 0 Å². The van der Waals surface area contributed by atoms with Crippen molar-refractivity contribution >= 4 is 11.4 Å². The maximum Gasteiger partial charge on any atom is 0.246 e. The average molecular weight is 394 g/mol. The molecule has 0 saturated carbocycles. The van der Waals surface area contributed by atoms with Crippen LogP contribution < -0.4 is 19.7 Å². The molecule has 0 unspecified atom stereocenters. The van der Waals surface area contributed by atoms with Gasteiger partial charge in [-0.3, -0.25) is 0 Å². The van der Waals surface area contributed by atoms with Crippen molar-refractivity contribution in [1.29, 1.82) is 0 Å². The molecule has 0 bridgehead atoms. The zero-order chi connectivity index (χ0) is 20.1. The predicted molar refractivity (Wildman–Crippen MR) is 113 cm³/mol. The summed E-state index contributed by atoms with van der Waals surface area (Å²) in [5.41, 5.74) is 3.12. The molecule has 0 atom stereocenters. The Hall–Kier alpha value is -3.22. The summed E-state index contributed by atoms with van der Waals surface area (Å²) in [4.78, 5) is 6.96. The molecule has 4 rings (SSSR count). The number of para-hydroxylation sites is 2. The van der Waals surface area contributed by atoms with Crippen molar-refractivity contribution in [2.75, 3.05) is 37.5 Å². The lowest BCUT2D eigenvalue weighted by molar-refractivity contribution is 0.355. The zero-order valence-corrected chi connectivity index (χ0v) is 16.9. The highest BCUT2D eigenvalue weighted by Crippen LogP contribution is 2.32. The van der Waals surface area contributed by atoms with E-state index in [2.05, 4.69) is 38.6 Å². The number of hydrogen-bond acceptors (Lipinski definition) is 7. The lowest BCUT2D eigenvalue weighted by Gasteiger charge is -2.30. The third-order valence-electron chi connectivity index (χ3n) is 5.14. The third kappa shape index (κ3) is 4.29. The van der Waals surface area contributed by atoms with E-state index >= 15 is 0 Å². The second-order valence-electron chi connectivity index (χ2n) is 7.00. The Bertz CT molecular complexity index is 951. The minimum absolute atomic E-state index is 0.463. The lowest BCUT2D eigenvalue weighted by atomic mass is 10.1. The number of nitrogens with one attached hydrogen (secondary N) is 1. The topological polar surface area (TPSA) is 72.7 Å². The van der Waals surface area contributed by atoms with E-state index in [0.717, 1.165) is 24.3 Å². The number of ether oxygens (including phenoxy) is 2. The molecule has 2 aromatic carbocycles. The molecule has 152 valence electrons. The summed E-state index contributed by atoms with van der Waals surface area (Å²) in [6.07, 6.45) is 3.80. The van der Waals surface area contributed by atoms with Crippen molar-refractivity contribution in [3.63, 3.8) is 0 Å². The highest BCUT2D eigenvalue weighted by molar-refractivity contribution is 5.70. The Labute approximate surface area is 170 Å². The SMILES string of the molecule is COc1ccc(-c2noc(CNc3ccccc3N3CCCCC3)n2)cc1OC. The van der Waals surface area contributed by atoms with Gasteiger partial charge in [0.15, 0.2) is 11.5 Å². The molecule has 1 aromatic heterocycles. The fraction of sp³-hybridized carbons (Fsp3) is 0.364. The van der Waals surface area contributed by atoms with Gasteiger partial charge in [-0.25, -0.2) is 0 Å². The molecule has 0 amide bonds. The summed E-state index contributed by atoms with van der Waals surface area (Å²) in [5.74, 6) is 2.34. The Morgan fingerprint density at radius 1 is 1.00 bits per heavy atom. The van der Waals surface area contributed by atoms with Gasteiger partial charge in [-0.05, 0) is 49.6 Å². The highest BCUT2D eigenvalue weighted by Gasteiger charge is 2.15. The van der Waals surface area contributed by atoms with Gasteiger partial charge in [-0.1, -0.05) is 17.3 Å². The normalized spacial score (nSPS) is 13.9. The van der Waals surface area contributed by atoms with Crippen molar-refractivity contribution in [2.24, 2.45) is 0 Å². The number of rotatable bonds is 7. The van der Waals surface area contributed by atoms with Gasteiger partial charge in [-0.2, -0.15) is 4.98 Å². The van der Waals surface area contributed by atoms with E-state index in [0.29, 0.717) is 29.8 Å². The summed E-state index contributed by atoms with van der Waals surface area (Å²) in [6, 6.07) is 13.9. The predicted octanol–water partition coefficient (Wildman–Crippen LogP) is 4.36. The van der Waals surface area contributed by atoms with Gasteiger partial charge < -0.3 is 24.2 Å². The van der Waals surface area contributed by atoms with E-state index in [-0.39, 0.29) is 0 Å². The molecule has 0 radical (unpaired) electrons. The quantitative estimate of drug-likeness (QED) is 0.638.